The number of nitrogen functional groups attached to an aromatic ring is 1. The maximum atomic E-state index is 9.14. The number of benzene rings is 6. The molecule has 0 amide bonds. The number of hydrogen-bond acceptors (Lipinski definition) is 6. The molecule has 0 saturated carbocycles. The van der Waals surface area contributed by atoms with Gasteiger partial charge in [0.05, 0.1) is 12.4 Å². The largest absolute Gasteiger partial charge is 0.396 e. The summed E-state index contributed by atoms with van der Waals surface area (Å²) in [6, 6.07) is 63.6. The quantitative estimate of drug-likeness (QED) is 0.0817. The number of rotatable bonds is 10. The van der Waals surface area contributed by atoms with Crippen molar-refractivity contribution in [1.29, 1.82) is 0 Å². The molecule has 2 unspecified atom stereocenters. The average Bonchev–Trinajstić information content (AvgIpc) is 3.94. The van der Waals surface area contributed by atoms with Crippen LogP contribution in [0.5, 0.6) is 0 Å². The van der Waals surface area contributed by atoms with Crippen molar-refractivity contribution >= 4 is 28.7 Å². The lowest BCUT2D eigenvalue weighted by Crippen LogP contribution is -2.44. The number of anilines is 1. The lowest BCUT2D eigenvalue weighted by molar-refractivity contribution is -0.0810. The van der Waals surface area contributed by atoms with Gasteiger partial charge in [0.2, 0.25) is 5.95 Å². The maximum Gasteiger partial charge on any atom is 0.223 e. The van der Waals surface area contributed by atoms with E-state index in [1.807, 2.05) is 16.7 Å². The van der Waals surface area contributed by atoms with Crippen molar-refractivity contribution in [1.82, 2.24) is 19.5 Å². The normalized spacial score (nSPS) is 15.3. The van der Waals surface area contributed by atoms with E-state index in [2.05, 4.69) is 197 Å². The third-order valence-corrected chi connectivity index (χ3v) is 10.8. The van der Waals surface area contributed by atoms with Crippen LogP contribution in [-0.4, -0.2) is 31.2 Å². The number of halogens is 1. The highest BCUT2D eigenvalue weighted by Crippen LogP contribution is 2.51. The zero-order valence-electron chi connectivity index (χ0n) is 31.2. The SMILES string of the molecule is Nc1nc(Cl)c2ncn(C3C=CC(CO)C3)c2n1.c1ccc(C(OC(c2ccccc2)(c2ccccc2)c2ccccc2)(c2ccccc2)c2ccccc2)cc1. The van der Waals surface area contributed by atoms with E-state index in [-0.39, 0.29) is 29.7 Å². The smallest absolute Gasteiger partial charge is 0.223 e. The molecular weight excluding hydrogens is 726 g/mol. The molecule has 8 aromatic rings. The minimum absolute atomic E-state index is 0.123. The molecule has 282 valence electrons. The highest BCUT2D eigenvalue weighted by molar-refractivity contribution is 6.33. The van der Waals surface area contributed by atoms with Crippen LogP contribution in [0.4, 0.5) is 5.95 Å². The summed E-state index contributed by atoms with van der Waals surface area (Å²) in [5.74, 6) is 0.317. The topological polar surface area (TPSA) is 99.1 Å². The first kappa shape index (κ1) is 37.5. The highest BCUT2D eigenvalue weighted by atomic mass is 35.5. The Morgan fingerprint density at radius 2 is 0.947 bits per heavy atom. The molecule has 57 heavy (non-hydrogen) atoms. The number of fused-ring (bicyclic) bond motifs is 1. The van der Waals surface area contributed by atoms with Gasteiger partial charge in [-0.25, -0.2) is 4.98 Å². The third kappa shape index (κ3) is 7.36. The van der Waals surface area contributed by atoms with Crippen LogP contribution in [0.15, 0.2) is 200 Å². The third-order valence-electron chi connectivity index (χ3n) is 10.5. The van der Waals surface area contributed by atoms with Crippen LogP contribution < -0.4 is 5.73 Å². The lowest BCUT2D eigenvalue weighted by atomic mass is 9.75. The van der Waals surface area contributed by atoms with E-state index in [1.54, 1.807) is 6.33 Å². The minimum Gasteiger partial charge on any atom is -0.396 e. The summed E-state index contributed by atoms with van der Waals surface area (Å²) < 4.78 is 9.85. The van der Waals surface area contributed by atoms with E-state index in [4.69, 9.17) is 27.2 Å². The summed E-state index contributed by atoms with van der Waals surface area (Å²) >= 11 is 5.97. The Labute approximate surface area is 337 Å². The van der Waals surface area contributed by atoms with Gasteiger partial charge in [-0.3, -0.25) is 0 Å². The van der Waals surface area contributed by atoms with Crippen molar-refractivity contribution in [3.8, 4) is 0 Å². The number of imidazole rings is 1. The Kier molecular flexibility index (Phi) is 11.0. The number of allylic oxidation sites excluding steroid dienone is 1. The molecule has 1 aliphatic carbocycles. The molecule has 8 heteroatoms. The van der Waals surface area contributed by atoms with Crippen molar-refractivity contribution in [2.45, 2.75) is 23.7 Å². The Morgan fingerprint density at radius 1 is 0.579 bits per heavy atom. The first-order chi connectivity index (χ1) is 28.0. The number of ether oxygens (including phenoxy) is 1. The standard InChI is InChI=1S/C38H30O.C11H12ClN5O/c1-7-19-31(20-8-1)37(32-21-9-2-10-22-32,33-23-11-3-12-24-33)39-38(34-25-13-4-14-26-34,35-27-15-5-16-28-35)36-29-17-6-18-30-36;12-9-8-10(16-11(13)15-9)17(5-14-8)7-2-1-6(3-7)4-18/h1-30H;1-2,5-7,18H,3-4H2,(H2,13,15,16). The van der Waals surface area contributed by atoms with Crippen LogP contribution in [0.3, 0.4) is 0 Å². The summed E-state index contributed by atoms with van der Waals surface area (Å²) in [6.07, 6.45) is 6.54. The van der Waals surface area contributed by atoms with Crippen molar-refractivity contribution in [3.05, 3.63) is 239 Å². The first-order valence-electron chi connectivity index (χ1n) is 19.0. The van der Waals surface area contributed by atoms with E-state index in [9.17, 15) is 0 Å². The first-order valence-corrected chi connectivity index (χ1v) is 19.4. The van der Waals surface area contributed by atoms with Gasteiger partial charge in [0.15, 0.2) is 10.8 Å². The molecule has 1 aliphatic rings. The van der Waals surface area contributed by atoms with Crippen LogP contribution in [-0.2, 0) is 15.9 Å². The fourth-order valence-electron chi connectivity index (χ4n) is 7.86. The van der Waals surface area contributed by atoms with Crippen LogP contribution in [0.25, 0.3) is 11.2 Å². The van der Waals surface area contributed by atoms with E-state index >= 15 is 0 Å². The Balaban J connectivity index is 0.000000210. The fraction of sp³-hybridized carbons (Fsp3) is 0.122. The summed E-state index contributed by atoms with van der Waals surface area (Å²) in [5.41, 5.74) is 11.3. The maximum absolute atomic E-state index is 9.14. The van der Waals surface area contributed by atoms with Gasteiger partial charge in [-0.15, -0.1) is 0 Å². The monoisotopic (exact) mass is 767 g/mol. The van der Waals surface area contributed by atoms with Crippen molar-refractivity contribution in [3.63, 3.8) is 0 Å². The van der Waals surface area contributed by atoms with Crippen LogP contribution >= 0.6 is 11.6 Å². The summed E-state index contributed by atoms with van der Waals surface area (Å²) in [6.45, 7) is 0.150. The number of aromatic nitrogens is 4. The number of nitrogens with two attached hydrogens (primary N) is 1. The van der Waals surface area contributed by atoms with Gasteiger partial charge in [-0.1, -0.05) is 206 Å². The molecule has 3 N–H and O–H groups in total. The Morgan fingerprint density at radius 3 is 1.28 bits per heavy atom. The summed E-state index contributed by atoms with van der Waals surface area (Å²) in [5, 5.41) is 9.40. The minimum atomic E-state index is -0.925. The van der Waals surface area contributed by atoms with Crippen molar-refractivity contribution in [2.24, 2.45) is 5.92 Å². The van der Waals surface area contributed by atoms with Gasteiger partial charge >= 0.3 is 0 Å². The molecule has 0 aliphatic heterocycles. The van der Waals surface area contributed by atoms with Gasteiger partial charge in [-0.2, -0.15) is 9.97 Å². The summed E-state index contributed by atoms with van der Waals surface area (Å²) in [7, 11) is 0. The number of aliphatic hydroxyl groups is 1. The molecular formula is C49H42ClN5O2. The molecule has 0 fully saturated rings. The molecule has 0 saturated heterocycles. The second kappa shape index (κ2) is 16.8. The van der Waals surface area contributed by atoms with Gasteiger partial charge in [0.25, 0.3) is 0 Å². The second-order valence-electron chi connectivity index (χ2n) is 14.0. The molecule has 7 nitrogen and oxygen atoms in total. The molecule has 9 rings (SSSR count). The molecule has 2 atom stereocenters. The predicted molar refractivity (Wildman–Crippen MR) is 228 cm³/mol. The summed E-state index contributed by atoms with van der Waals surface area (Å²) in [4.78, 5) is 12.3. The van der Waals surface area contributed by atoms with Crippen LogP contribution in [0.1, 0.15) is 45.8 Å². The second-order valence-corrected chi connectivity index (χ2v) is 14.3. The van der Waals surface area contributed by atoms with Crippen molar-refractivity contribution < 1.29 is 9.84 Å². The van der Waals surface area contributed by atoms with Gasteiger partial charge in [-0.05, 0) is 39.8 Å². The predicted octanol–water partition coefficient (Wildman–Crippen LogP) is 10.2. The molecule has 2 heterocycles. The van der Waals surface area contributed by atoms with E-state index in [0.717, 1.165) is 39.8 Å². The van der Waals surface area contributed by atoms with Crippen LogP contribution in [0, 0.1) is 5.92 Å². The molecule has 0 bridgehead atoms. The highest BCUT2D eigenvalue weighted by Gasteiger charge is 2.48. The molecule has 6 aromatic carbocycles. The molecule has 0 spiro atoms. The van der Waals surface area contributed by atoms with Gasteiger partial charge in [0, 0.05) is 12.5 Å². The number of aliphatic hydroxyl groups excluding tert-OH is 1. The Bertz CT molecular complexity index is 2220. The number of nitrogens with zero attached hydrogens (tertiary/aromatic N) is 4. The molecule has 2 aromatic heterocycles. The van der Waals surface area contributed by atoms with Gasteiger partial charge in [0.1, 0.15) is 16.7 Å². The fourth-order valence-corrected chi connectivity index (χ4v) is 8.08. The van der Waals surface area contributed by atoms with Crippen molar-refractivity contribution in [2.75, 3.05) is 12.3 Å². The lowest BCUT2D eigenvalue weighted by Gasteiger charge is -2.46. The van der Waals surface area contributed by atoms with Crippen LogP contribution in [0.2, 0.25) is 5.15 Å². The van der Waals surface area contributed by atoms with E-state index in [1.165, 1.54) is 0 Å². The zero-order valence-corrected chi connectivity index (χ0v) is 32.0. The average molecular weight is 768 g/mol. The number of hydrogen-bond donors (Lipinski definition) is 2. The van der Waals surface area contributed by atoms with E-state index in [0.29, 0.717) is 11.2 Å². The zero-order chi connectivity index (χ0) is 39.1. The van der Waals surface area contributed by atoms with E-state index < -0.39 is 11.2 Å². The molecule has 0 radical (unpaired) electrons. The Hall–Kier alpha value is -6.38. The van der Waals surface area contributed by atoms with Gasteiger partial charge < -0.3 is 20.1 Å².